The maximum absolute atomic E-state index is 13.7. The van der Waals surface area contributed by atoms with Crippen LogP contribution in [0.1, 0.15) is 53.8 Å². The second kappa shape index (κ2) is 11.2. The molecule has 1 spiro atoms. The number of amides is 1. The molecule has 12 heteroatoms. The number of carbonyl (C=O) groups is 2. The summed E-state index contributed by atoms with van der Waals surface area (Å²) in [5.74, 6) is 1.04. The summed E-state index contributed by atoms with van der Waals surface area (Å²) < 4.78 is 31.8. The van der Waals surface area contributed by atoms with Crippen molar-refractivity contribution in [2.45, 2.75) is 38.7 Å². The summed E-state index contributed by atoms with van der Waals surface area (Å²) in [5, 5.41) is 13.9. The quantitative estimate of drug-likeness (QED) is 0.318. The smallest absolute Gasteiger partial charge is 0.254 e. The Bertz CT molecular complexity index is 1590. The number of pyridine rings is 1. The number of ether oxygens (including phenoxy) is 3. The van der Waals surface area contributed by atoms with Gasteiger partial charge in [-0.2, -0.15) is 9.60 Å². The highest BCUT2D eigenvalue weighted by atomic mass is 19.1. The third-order valence-corrected chi connectivity index (χ3v) is 7.58. The van der Waals surface area contributed by atoms with Crippen molar-refractivity contribution < 1.29 is 28.2 Å². The van der Waals surface area contributed by atoms with E-state index in [0.29, 0.717) is 90.0 Å². The van der Waals surface area contributed by atoms with Crippen LogP contribution in [-0.4, -0.2) is 74.1 Å². The van der Waals surface area contributed by atoms with Crippen molar-refractivity contribution in [1.29, 1.82) is 0 Å². The van der Waals surface area contributed by atoms with Crippen molar-refractivity contribution in [1.82, 2.24) is 30.5 Å². The van der Waals surface area contributed by atoms with Crippen LogP contribution in [0, 0.1) is 5.95 Å². The van der Waals surface area contributed by atoms with E-state index in [0.717, 1.165) is 0 Å². The summed E-state index contributed by atoms with van der Waals surface area (Å²) in [5.41, 5.74) is 2.12. The van der Waals surface area contributed by atoms with Crippen LogP contribution in [-0.2, 0) is 0 Å². The molecule has 2 aromatic carbocycles. The lowest BCUT2D eigenvalue weighted by atomic mass is 9.82. The van der Waals surface area contributed by atoms with E-state index in [4.69, 9.17) is 14.2 Å². The molecule has 2 aromatic heterocycles. The van der Waals surface area contributed by atoms with Crippen LogP contribution < -0.4 is 14.2 Å². The Morgan fingerprint density at radius 1 is 1.05 bits per heavy atom. The van der Waals surface area contributed by atoms with Crippen molar-refractivity contribution in [3.05, 3.63) is 65.7 Å². The van der Waals surface area contributed by atoms with Crippen molar-refractivity contribution in [3.63, 3.8) is 0 Å². The number of H-pyrrole nitrogens is 1. The van der Waals surface area contributed by atoms with Gasteiger partial charge in [0.05, 0.1) is 30.8 Å². The number of hydrogen-bond acceptors (Lipinski definition) is 9. The molecule has 0 saturated carbocycles. The molecule has 2 aliphatic rings. The van der Waals surface area contributed by atoms with E-state index in [1.807, 2.05) is 13.8 Å². The summed E-state index contributed by atoms with van der Waals surface area (Å²) >= 11 is 0. The molecule has 11 nitrogen and oxygen atoms in total. The maximum atomic E-state index is 13.7. The Morgan fingerprint density at radius 3 is 2.38 bits per heavy atom. The molecule has 4 heterocycles. The summed E-state index contributed by atoms with van der Waals surface area (Å²) in [7, 11) is 0. The van der Waals surface area contributed by atoms with E-state index >= 15 is 0 Å². The second-order valence-corrected chi connectivity index (χ2v) is 10.2. The highest BCUT2D eigenvalue weighted by molar-refractivity contribution is 6.01. The minimum absolute atomic E-state index is 0.0186. The molecule has 0 bridgehead atoms. The number of benzene rings is 2. The average molecular weight is 573 g/mol. The summed E-state index contributed by atoms with van der Waals surface area (Å²) in [4.78, 5) is 32.4. The fraction of sp³-hybridized carbons (Fsp3) is 0.333. The van der Waals surface area contributed by atoms with Gasteiger partial charge in [-0.1, -0.05) is 0 Å². The number of Topliss-reactive ketones (excluding diaryl/α,β-unsaturated/α-hetero) is 1. The van der Waals surface area contributed by atoms with Crippen molar-refractivity contribution in [3.8, 4) is 39.8 Å². The standard InChI is InChI=1S/C30H29FN6O5/c1-3-40-24-14-20(15-25(41-4-2)27(24)19-6-8-26(31)32-17-19)29(39)37-11-9-30(10-12-37)16-22(38)21-13-18(5-7-23(21)42-30)28-33-35-36-34-28/h5-8,13-15,17H,3-4,9-12,16H2,1-2H3,(H,33,34,35,36). The minimum atomic E-state index is -0.680. The number of piperidine rings is 1. The molecule has 1 amide bonds. The SMILES string of the molecule is CCOc1cc(C(=O)N2CCC3(CC2)CC(=O)c2cc(-c4nn[nH]n4)ccc2O3)cc(OCC)c1-c1ccc(F)nc1. The van der Waals surface area contributed by atoms with Gasteiger partial charge in [-0.3, -0.25) is 9.59 Å². The number of hydrogen-bond donors (Lipinski definition) is 1. The van der Waals surface area contributed by atoms with Crippen LogP contribution in [0.3, 0.4) is 0 Å². The zero-order valence-corrected chi connectivity index (χ0v) is 23.2. The Balaban J connectivity index is 1.22. The predicted octanol–water partition coefficient (Wildman–Crippen LogP) is 4.51. The maximum Gasteiger partial charge on any atom is 0.254 e. The lowest BCUT2D eigenvalue weighted by Crippen LogP contribution is -2.52. The highest BCUT2D eigenvalue weighted by Gasteiger charge is 2.44. The van der Waals surface area contributed by atoms with Gasteiger partial charge >= 0.3 is 0 Å². The van der Waals surface area contributed by atoms with Gasteiger partial charge in [-0.05, 0) is 61.5 Å². The molecule has 1 saturated heterocycles. The second-order valence-electron chi connectivity index (χ2n) is 10.2. The first-order chi connectivity index (χ1) is 20.4. The van der Waals surface area contributed by atoms with Crippen LogP contribution in [0.4, 0.5) is 4.39 Å². The molecule has 0 radical (unpaired) electrons. The van der Waals surface area contributed by atoms with Crippen molar-refractivity contribution in [2.24, 2.45) is 0 Å². The van der Waals surface area contributed by atoms with Crippen LogP contribution >= 0.6 is 0 Å². The fourth-order valence-electron chi connectivity index (χ4n) is 5.56. The molecule has 0 atom stereocenters. The van der Waals surface area contributed by atoms with E-state index in [1.165, 1.54) is 12.3 Å². The van der Waals surface area contributed by atoms with E-state index in [2.05, 4.69) is 25.6 Å². The number of ketones is 1. The van der Waals surface area contributed by atoms with Crippen LogP contribution in [0.25, 0.3) is 22.5 Å². The molecular weight excluding hydrogens is 543 g/mol. The van der Waals surface area contributed by atoms with E-state index in [-0.39, 0.29) is 18.1 Å². The topological polar surface area (TPSA) is 132 Å². The molecule has 216 valence electrons. The highest BCUT2D eigenvalue weighted by Crippen LogP contribution is 2.42. The van der Waals surface area contributed by atoms with E-state index in [1.54, 1.807) is 41.3 Å². The molecular formula is C30H29FN6O5. The van der Waals surface area contributed by atoms with Crippen LogP contribution in [0.5, 0.6) is 17.2 Å². The lowest BCUT2D eigenvalue weighted by Gasteiger charge is -2.44. The first-order valence-corrected chi connectivity index (χ1v) is 13.8. The third-order valence-electron chi connectivity index (χ3n) is 7.58. The van der Waals surface area contributed by atoms with Gasteiger partial charge in [0.25, 0.3) is 5.91 Å². The lowest BCUT2D eigenvalue weighted by molar-refractivity contribution is -0.00572. The van der Waals surface area contributed by atoms with Gasteiger partial charge in [0.15, 0.2) is 5.78 Å². The molecule has 1 fully saturated rings. The number of likely N-dealkylation sites (tertiary alicyclic amines) is 1. The van der Waals surface area contributed by atoms with Gasteiger partial charge in [0, 0.05) is 48.8 Å². The predicted molar refractivity (Wildman–Crippen MR) is 149 cm³/mol. The van der Waals surface area contributed by atoms with Crippen LogP contribution in [0.2, 0.25) is 0 Å². The molecule has 0 aliphatic carbocycles. The average Bonchev–Trinajstić information content (AvgIpc) is 3.53. The monoisotopic (exact) mass is 572 g/mol. The van der Waals surface area contributed by atoms with Crippen molar-refractivity contribution in [2.75, 3.05) is 26.3 Å². The zero-order chi connectivity index (χ0) is 29.3. The molecule has 1 N–H and O–H groups in total. The molecule has 6 rings (SSSR count). The Morgan fingerprint density at radius 2 is 1.76 bits per heavy atom. The first-order valence-electron chi connectivity index (χ1n) is 13.8. The number of nitrogens with zero attached hydrogens (tertiary/aromatic N) is 5. The van der Waals surface area contributed by atoms with Gasteiger partial charge in [-0.25, -0.2) is 4.98 Å². The normalized spacial score (nSPS) is 15.7. The first kappa shape index (κ1) is 27.3. The third kappa shape index (κ3) is 5.15. The Kier molecular flexibility index (Phi) is 7.27. The Labute approximate surface area is 241 Å². The number of aromatic amines is 1. The van der Waals surface area contributed by atoms with E-state index in [9.17, 15) is 14.0 Å². The number of halogens is 1. The van der Waals surface area contributed by atoms with Crippen molar-refractivity contribution >= 4 is 11.7 Å². The summed E-state index contributed by atoms with van der Waals surface area (Å²) in [6.45, 7) is 5.25. The molecule has 2 aliphatic heterocycles. The fourth-order valence-corrected chi connectivity index (χ4v) is 5.56. The summed E-state index contributed by atoms with van der Waals surface area (Å²) in [6, 6.07) is 11.5. The zero-order valence-electron chi connectivity index (χ0n) is 23.2. The van der Waals surface area contributed by atoms with Gasteiger partial charge in [-0.15, -0.1) is 10.2 Å². The Hall–Kier alpha value is -4.87. The number of carbonyl (C=O) groups excluding carboxylic acids is 2. The summed E-state index contributed by atoms with van der Waals surface area (Å²) in [6.07, 6.45) is 2.65. The molecule has 4 aromatic rings. The largest absolute Gasteiger partial charge is 0.493 e. The number of tetrazole rings is 1. The number of rotatable bonds is 7. The number of fused-ring (bicyclic) bond motifs is 1. The minimum Gasteiger partial charge on any atom is -0.493 e. The van der Waals surface area contributed by atoms with Gasteiger partial charge < -0.3 is 19.1 Å². The van der Waals surface area contributed by atoms with Gasteiger partial charge in [0.2, 0.25) is 11.8 Å². The van der Waals surface area contributed by atoms with E-state index < -0.39 is 11.5 Å². The molecule has 0 unspecified atom stereocenters. The van der Waals surface area contributed by atoms with Crippen LogP contribution in [0.15, 0.2) is 48.7 Å². The molecule has 42 heavy (non-hydrogen) atoms. The number of aromatic nitrogens is 5. The number of nitrogens with one attached hydrogen (secondary N) is 1. The van der Waals surface area contributed by atoms with Gasteiger partial charge in [0.1, 0.15) is 22.8 Å².